The second kappa shape index (κ2) is 6.82. The molecule has 1 amide bonds. The molecular weight excluding hydrogens is 341 g/mol. The molecule has 0 radical (unpaired) electrons. The van der Waals surface area contributed by atoms with Crippen molar-refractivity contribution >= 4 is 16.8 Å². The molecule has 1 fully saturated rings. The van der Waals surface area contributed by atoms with Crippen LogP contribution in [-0.4, -0.2) is 53.9 Å². The zero-order valence-electron chi connectivity index (χ0n) is 15.9. The Morgan fingerprint density at radius 3 is 2.56 bits per heavy atom. The van der Waals surface area contributed by atoms with Gasteiger partial charge in [0.2, 0.25) is 0 Å². The molecule has 140 valence electrons. The summed E-state index contributed by atoms with van der Waals surface area (Å²) in [5.41, 5.74) is 3.78. The molecule has 0 bridgehead atoms. The molecule has 27 heavy (non-hydrogen) atoms. The number of hydrogen-bond donors (Lipinski definition) is 1. The van der Waals surface area contributed by atoms with Gasteiger partial charge in [0.25, 0.3) is 5.91 Å². The third-order valence-corrected chi connectivity index (χ3v) is 5.56. The van der Waals surface area contributed by atoms with E-state index in [0.29, 0.717) is 18.8 Å². The SMILES string of the molecule is Cc1ccc([C@H]2CN(C(=O)c3cc4cc(F)ccc4[nH]3)C[C@@H]2N(C)C)cc1. The van der Waals surface area contributed by atoms with Crippen LogP contribution in [0.3, 0.4) is 0 Å². The van der Waals surface area contributed by atoms with Crippen LogP contribution in [0.2, 0.25) is 0 Å². The second-order valence-electron chi connectivity index (χ2n) is 7.67. The number of H-pyrrole nitrogens is 1. The zero-order chi connectivity index (χ0) is 19.1. The van der Waals surface area contributed by atoms with Crippen molar-refractivity contribution in [3.05, 3.63) is 71.2 Å². The van der Waals surface area contributed by atoms with Crippen molar-refractivity contribution in [1.82, 2.24) is 14.8 Å². The minimum Gasteiger partial charge on any atom is -0.351 e. The lowest BCUT2D eigenvalue weighted by atomic mass is 9.93. The van der Waals surface area contributed by atoms with Crippen LogP contribution in [0.1, 0.15) is 27.5 Å². The summed E-state index contributed by atoms with van der Waals surface area (Å²) >= 11 is 0. The van der Waals surface area contributed by atoms with E-state index < -0.39 is 0 Å². The lowest BCUT2D eigenvalue weighted by Crippen LogP contribution is -2.35. The fourth-order valence-corrected chi connectivity index (χ4v) is 4.01. The first-order chi connectivity index (χ1) is 12.9. The number of likely N-dealkylation sites (N-methyl/N-ethyl adjacent to an activating group) is 1. The number of aromatic nitrogens is 1. The quantitative estimate of drug-likeness (QED) is 0.767. The van der Waals surface area contributed by atoms with Crippen LogP contribution in [0.15, 0.2) is 48.5 Å². The molecule has 1 saturated heterocycles. The molecule has 0 unspecified atom stereocenters. The van der Waals surface area contributed by atoms with Crippen molar-refractivity contribution < 1.29 is 9.18 Å². The molecule has 4 rings (SSSR count). The van der Waals surface area contributed by atoms with E-state index in [9.17, 15) is 9.18 Å². The fourth-order valence-electron chi connectivity index (χ4n) is 4.01. The fraction of sp³-hybridized carbons (Fsp3) is 0.318. The molecule has 1 N–H and O–H groups in total. The highest BCUT2D eigenvalue weighted by Gasteiger charge is 2.37. The van der Waals surface area contributed by atoms with E-state index in [0.717, 1.165) is 10.9 Å². The number of likely N-dealkylation sites (tertiary alicyclic amines) is 1. The highest BCUT2D eigenvalue weighted by atomic mass is 19.1. The molecule has 2 aromatic carbocycles. The normalized spacial score (nSPS) is 20.0. The first kappa shape index (κ1) is 17.7. The predicted octanol–water partition coefficient (Wildman–Crippen LogP) is 3.79. The lowest BCUT2D eigenvalue weighted by Gasteiger charge is -2.25. The third kappa shape index (κ3) is 3.35. The Balaban J connectivity index is 1.61. The Morgan fingerprint density at radius 1 is 1.11 bits per heavy atom. The first-order valence-electron chi connectivity index (χ1n) is 9.23. The van der Waals surface area contributed by atoms with E-state index in [1.807, 2.05) is 4.90 Å². The van der Waals surface area contributed by atoms with Crippen molar-refractivity contribution in [1.29, 1.82) is 0 Å². The van der Waals surface area contributed by atoms with Gasteiger partial charge in [-0.25, -0.2) is 4.39 Å². The van der Waals surface area contributed by atoms with E-state index >= 15 is 0 Å². The number of hydrogen-bond acceptors (Lipinski definition) is 2. The van der Waals surface area contributed by atoms with E-state index in [2.05, 4.69) is 55.2 Å². The van der Waals surface area contributed by atoms with Crippen LogP contribution in [0.25, 0.3) is 10.9 Å². The van der Waals surface area contributed by atoms with Gasteiger partial charge in [0.1, 0.15) is 11.5 Å². The Hall–Kier alpha value is -2.66. The van der Waals surface area contributed by atoms with E-state index in [1.165, 1.54) is 23.3 Å². The van der Waals surface area contributed by atoms with Gasteiger partial charge >= 0.3 is 0 Å². The van der Waals surface area contributed by atoms with Gasteiger partial charge in [0, 0.05) is 36.0 Å². The highest BCUT2D eigenvalue weighted by Crippen LogP contribution is 2.31. The van der Waals surface area contributed by atoms with E-state index in [4.69, 9.17) is 0 Å². The molecule has 3 aromatic rings. The number of nitrogens with one attached hydrogen (secondary N) is 1. The molecule has 0 aliphatic carbocycles. The number of rotatable bonds is 3. The van der Waals surface area contributed by atoms with Crippen molar-refractivity contribution in [3.63, 3.8) is 0 Å². The van der Waals surface area contributed by atoms with Crippen LogP contribution >= 0.6 is 0 Å². The van der Waals surface area contributed by atoms with Crippen molar-refractivity contribution in [2.45, 2.75) is 18.9 Å². The molecular formula is C22H24FN3O. The van der Waals surface area contributed by atoms with E-state index in [-0.39, 0.29) is 23.7 Å². The lowest BCUT2D eigenvalue weighted by molar-refractivity contribution is 0.0777. The predicted molar refractivity (Wildman–Crippen MR) is 106 cm³/mol. The third-order valence-electron chi connectivity index (χ3n) is 5.56. The van der Waals surface area contributed by atoms with Crippen LogP contribution < -0.4 is 0 Å². The van der Waals surface area contributed by atoms with Gasteiger partial charge < -0.3 is 14.8 Å². The number of aromatic amines is 1. The number of carbonyl (C=O) groups is 1. The minimum atomic E-state index is -0.297. The Morgan fingerprint density at radius 2 is 1.85 bits per heavy atom. The summed E-state index contributed by atoms with van der Waals surface area (Å²) in [7, 11) is 4.12. The summed E-state index contributed by atoms with van der Waals surface area (Å²) in [5.74, 6) is -0.0618. The minimum absolute atomic E-state index is 0.0342. The van der Waals surface area contributed by atoms with Gasteiger partial charge in [-0.15, -0.1) is 0 Å². The van der Waals surface area contributed by atoms with Gasteiger partial charge in [0.05, 0.1) is 0 Å². The number of amides is 1. The smallest absolute Gasteiger partial charge is 0.270 e. The topological polar surface area (TPSA) is 39.3 Å². The molecule has 2 heterocycles. The maximum absolute atomic E-state index is 13.4. The molecule has 1 aliphatic heterocycles. The van der Waals surface area contributed by atoms with Crippen molar-refractivity contribution in [3.8, 4) is 0 Å². The number of halogens is 1. The average molecular weight is 365 g/mol. The number of fused-ring (bicyclic) bond motifs is 1. The summed E-state index contributed by atoms with van der Waals surface area (Å²) in [6, 6.07) is 15.1. The van der Waals surface area contributed by atoms with Crippen molar-refractivity contribution in [2.75, 3.05) is 27.2 Å². The molecule has 0 spiro atoms. The van der Waals surface area contributed by atoms with E-state index in [1.54, 1.807) is 12.1 Å². The van der Waals surface area contributed by atoms with Gasteiger partial charge in [-0.2, -0.15) is 0 Å². The van der Waals surface area contributed by atoms with Crippen LogP contribution in [0.5, 0.6) is 0 Å². The number of aryl methyl sites for hydroxylation is 1. The van der Waals surface area contributed by atoms with Crippen LogP contribution in [-0.2, 0) is 0 Å². The number of nitrogens with zero attached hydrogens (tertiary/aromatic N) is 2. The average Bonchev–Trinajstić information content (AvgIpc) is 3.25. The summed E-state index contributed by atoms with van der Waals surface area (Å²) in [5, 5.41) is 0.719. The van der Waals surface area contributed by atoms with Gasteiger partial charge in [-0.1, -0.05) is 29.8 Å². The zero-order valence-corrected chi connectivity index (χ0v) is 15.9. The maximum Gasteiger partial charge on any atom is 0.270 e. The molecule has 1 aliphatic rings. The largest absolute Gasteiger partial charge is 0.351 e. The summed E-state index contributed by atoms with van der Waals surface area (Å²) in [6.07, 6.45) is 0. The van der Waals surface area contributed by atoms with Crippen molar-refractivity contribution in [2.24, 2.45) is 0 Å². The molecule has 1 aromatic heterocycles. The molecule has 2 atom stereocenters. The Labute approximate surface area is 158 Å². The van der Waals surface area contributed by atoms with Crippen LogP contribution in [0, 0.1) is 12.7 Å². The molecule has 4 nitrogen and oxygen atoms in total. The summed E-state index contributed by atoms with van der Waals surface area (Å²) in [6.45, 7) is 3.43. The summed E-state index contributed by atoms with van der Waals surface area (Å²) < 4.78 is 13.4. The Kier molecular flexibility index (Phi) is 4.48. The standard InChI is InChI=1S/C22H24FN3O/c1-14-4-6-15(7-5-14)18-12-26(13-21(18)25(2)3)22(27)20-11-16-10-17(23)8-9-19(16)24-20/h4-11,18,21,24H,12-13H2,1-3H3/t18-,21+/m1/s1. The summed E-state index contributed by atoms with van der Waals surface area (Å²) in [4.78, 5) is 20.3. The van der Waals surface area contributed by atoms with Gasteiger partial charge in [-0.3, -0.25) is 4.79 Å². The molecule has 5 heteroatoms. The first-order valence-corrected chi connectivity index (χ1v) is 9.23. The monoisotopic (exact) mass is 365 g/mol. The van der Waals surface area contributed by atoms with Crippen LogP contribution in [0.4, 0.5) is 4.39 Å². The number of benzene rings is 2. The molecule has 0 saturated carbocycles. The van der Waals surface area contributed by atoms with Gasteiger partial charge in [-0.05, 0) is 50.8 Å². The highest BCUT2D eigenvalue weighted by molar-refractivity contribution is 5.98. The second-order valence-corrected chi connectivity index (χ2v) is 7.67. The van der Waals surface area contributed by atoms with Gasteiger partial charge in [0.15, 0.2) is 0 Å². The number of carbonyl (C=O) groups excluding carboxylic acids is 1. The maximum atomic E-state index is 13.4. The Bertz CT molecular complexity index is 977.